The zero-order valence-corrected chi connectivity index (χ0v) is 15.8. The van der Waals surface area contributed by atoms with E-state index in [1.807, 2.05) is 6.07 Å². The van der Waals surface area contributed by atoms with Gasteiger partial charge in [0.15, 0.2) is 0 Å². The minimum absolute atomic E-state index is 0.150. The number of aromatic nitrogens is 3. The van der Waals surface area contributed by atoms with Gasteiger partial charge in [0.2, 0.25) is 17.8 Å². The number of anilines is 5. The van der Waals surface area contributed by atoms with E-state index < -0.39 is 0 Å². The van der Waals surface area contributed by atoms with Crippen LogP contribution in [0.5, 0.6) is 11.5 Å². The van der Waals surface area contributed by atoms with Crippen molar-refractivity contribution in [3.63, 3.8) is 0 Å². The zero-order chi connectivity index (χ0) is 19.9. The molecule has 0 spiro atoms. The van der Waals surface area contributed by atoms with E-state index in [9.17, 15) is 10.2 Å². The molecule has 0 fully saturated rings. The third-order valence-electron chi connectivity index (χ3n) is 3.87. The quantitative estimate of drug-likeness (QED) is 0.369. The molecule has 28 heavy (non-hydrogen) atoms. The number of hydrogen-bond donors (Lipinski definition) is 5. The smallest absolute Gasteiger partial charge is 0.233 e. The van der Waals surface area contributed by atoms with Crippen LogP contribution in [0.2, 0.25) is 0 Å². The van der Waals surface area contributed by atoms with E-state index in [1.165, 1.54) is 0 Å². The van der Waals surface area contributed by atoms with Gasteiger partial charge in [0, 0.05) is 24.0 Å². The molecule has 0 unspecified atom stereocenters. The fraction of sp³-hybridized carbons (Fsp3) is 0.250. The third-order valence-corrected chi connectivity index (χ3v) is 3.87. The van der Waals surface area contributed by atoms with Crippen molar-refractivity contribution >= 4 is 29.2 Å². The fourth-order valence-corrected chi connectivity index (χ4v) is 2.43. The van der Waals surface area contributed by atoms with Gasteiger partial charge in [-0.1, -0.05) is 19.9 Å². The molecule has 0 atom stereocenters. The molecule has 1 aromatic heterocycles. The molecule has 0 radical (unpaired) electrons. The molecule has 1 heterocycles. The molecule has 0 aliphatic rings. The summed E-state index contributed by atoms with van der Waals surface area (Å²) in [6.45, 7) is 5.05. The topological polar surface area (TPSA) is 115 Å². The molecule has 0 bridgehead atoms. The van der Waals surface area contributed by atoms with Crippen LogP contribution in [0.15, 0.2) is 48.5 Å². The number of nitrogens with zero attached hydrogens (tertiary/aromatic N) is 3. The highest BCUT2D eigenvalue weighted by Crippen LogP contribution is 2.22. The van der Waals surface area contributed by atoms with E-state index in [4.69, 9.17) is 0 Å². The Morgan fingerprint density at radius 3 is 2.07 bits per heavy atom. The highest BCUT2D eigenvalue weighted by Gasteiger charge is 2.08. The lowest BCUT2D eigenvalue weighted by Crippen LogP contribution is -2.11. The number of hydrogen-bond acceptors (Lipinski definition) is 8. The summed E-state index contributed by atoms with van der Waals surface area (Å²) in [6, 6.07) is 13.3. The number of rotatable bonds is 8. The summed E-state index contributed by atoms with van der Waals surface area (Å²) in [5, 5.41) is 28.5. The largest absolute Gasteiger partial charge is 0.508 e. The second-order valence-corrected chi connectivity index (χ2v) is 6.76. The first-order valence-electron chi connectivity index (χ1n) is 9.10. The number of nitrogens with one attached hydrogen (secondary N) is 3. The molecular formula is C20H24N6O2. The summed E-state index contributed by atoms with van der Waals surface area (Å²) in [4.78, 5) is 13.2. The van der Waals surface area contributed by atoms with Crippen LogP contribution in [-0.2, 0) is 0 Å². The summed E-state index contributed by atoms with van der Waals surface area (Å²) in [6.07, 6.45) is 0.988. The summed E-state index contributed by atoms with van der Waals surface area (Å²) in [7, 11) is 0. The molecule has 8 nitrogen and oxygen atoms in total. The van der Waals surface area contributed by atoms with Gasteiger partial charge in [-0.05, 0) is 48.7 Å². The lowest BCUT2D eigenvalue weighted by Gasteiger charge is -2.12. The van der Waals surface area contributed by atoms with Crippen LogP contribution < -0.4 is 16.0 Å². The average Bonchev–Trinajstić information content (AvgIpc) is 2.63. The minimum atomic E-state index is 0.150. The minimum Gasteiger partial charge on any atom is -0.508 e. The highest BCUT2D eigenvalue weighted by molar-refractivity contribution is 5.60. The van der Waals surface area contributed by atoms with Crippen LogP contribution in [0.25, 0.3) is 0 Å². The number of phenolic OH excluding ortho intramolecular Hbond substituents is 2. The predicted molar refractivity (Wildman–Crippen MR) is 111 cm³/mol. The molecule has 2 aromatic carbocycles. The summed E-state index contributed by atoms with van der Waals surface area (Å²) < 4.78 is 0. The number of aromatic hydroxyl groups is 2. The summed E-state index contributed by atoms with van der Waals surface area (Å²) in [5.41, 5.74) is 1.40. The maximum Gasteiger partial charge on any atom is 0.233 e. The van der Waals surface area contributed by atoms with Gasteiger partial charge in [-0.25, -0.2) is 0 Å². The predicted octanol–water partition coefficient (Wildman–Crippen LogP) is 4.23. The summed E-state index contributed by atoms with van der Waals surface area (Å²) in [5.74, 6) is 2.04. The van der Waals surface area contributed by atoms with Gasteiger partial charge in [0.25, 0.3) is 0 Å². The SMILES string of the molecule is CC(C)CCNc1nc(Nc2ccc(O)cc2)nc(Nc2cccc(O)c2)n1. The van der Waals surface area contributed by atoms with E-state index in [2.05, 4.69) is 44.7 Å². The molecule has 5 N–H and O–H groups in total. The van der Waals surface area contributed by atoms with E-state index in [0.717, 1.165) is 18.7 Å². The van der Waals surface area contributed by atoms with Crippen LogP contribution in [0.3, 0.4) is 0 Å². The number of benzene rings is 2. The molecule has 0 amide bonds. The Hall–Kier alpha value is -3.55. The maximum absolute atomic E-state index is 9.65. The zero-order valence-electron chi connectivity index (χ0n) is 15.8. The Morgan fingerprint density at radius 2 is 1.43 bits per heavy atom. The van der Waals surface area contributed by atoms with Crippen molar-refractivity contribution < 1.29 is 10.2 Å². The van der Waals surface area contributed by atoms with Crippen LogP contribution in [0, 0.1) is 5.92 Å². The molecule has 146 valence electrons. The first kappa shape index (κ1) is 19.2. The van der Waals surface area contributed by atoms with Gasteiger partial charge in [-0.2, -0.15) is 15.0 Å². The Morgan fingerprint density at radius 1 is 0.786 bits per heavy atom. The van der Waals surface area contributed by atoms with Crippen LogP contribution in [0.4, 0.5) is 29.2 Å². The van der Waals surface area contributed by atoms with Gasteiger partial charge < -0.3 is 26.2 Å². The molecule has 3 rings (SSSR count). The molecular weight excluding hydrogens is 356 g/mol. The van der Waals surface area contributed by atoms with E-state index >= 15 is 0 Å². The van der Waals surface area contributed by atoms with E-state index in [1.54, 1.807) is 42.5 Å². The van der Waals surface area contributed by atoms with Crippen LogP contribution >= 0.6 is 0 Å². The lowest BCUT2D eigenvalue weighted by atomic mass is 10.1. The Bertz CT molecular complexity index is 915. The second kappa shape index (κ2) is 8.90. The standard InChI is InChI=1S/C20H24N6O2/c1-13(2)10-11-21-18-24-19(22-14-6-8-16(27)9-7-14)26-20(25-18)23-15-4-3-5-17(28)12-15/h3-9,12-13,27-28H,10-11H2,1-2H3,(H3,21,22,23,24,25,26). The maximum atomic E-state index is 9.65. The molecule has 0 aliphatic carbocycles. The van der Waals surface area contributed by atoms with Crippen molar-refractivity contribution in [2.75, 3.05) is 22.5 Å². The molecule has 3 aromatic rings. The first-order chi connectivity index (χ1) is 13.5. The van der Waals surface area contributed by atoms with Crippen LogP contribution in [0.1, 0.15) is 20.3 Å². The van der Waals surface area contributed by atoms with Crippen LogP contribution in [-0.4, -0.2) is 31.7 Å². The Kier molecular flexibility index (Phi) is 6.11. The van der Waals surface area contributed by atoms with Gasteiger partial charge >= 0.3 is 0 Å². The Balaban J connectivity index is 1.83. The van der Waals surface area contributed by atoms with Crippen molar-refractivity contribution in [2.24, 2.45) is 5.92 Å². The van der Waals surface area contributed by atoms with Gasteiger partial charge in [-0.15, -0.1) is 0 Å². The van der Waals surface area contributed by atoms with Crippen molar-refractivity contribution in [1.82, 2.24) is 15.0 Å². The second-order valence-electron chi connectivity index (χ2n) is 6.76. The van der Waals surface area contributed by atoms with Crippen molar-refractivity contribution in [3.8, 4) is 11.5 Å². The molecule has 8 heteroatoms. The van der Waals surface area contributed by atoms with Crippen molar-refractivity contribution in [1.29, 1.82) is 0 Å². The summed E-state index contributed by atoms with van der Waals surface area (Å²) >= 11 is 0. The number of phenols is 2. The third kappa shape index (κ3) is 5.73. The monoisotopic (exact) mass is 380 g/mol. The van der Waals surface area contributed by atoms with E-state index in [0.29, 0.717) is 29.5 Å². The molecule has 0 saturated heterocycles. The highest BCUT2D eigenvalue weighted by atomic mass is 16.3. The van der Waals surface area contributed by atoms with Gasteiger partial charge in [0.05, 0.1) is 0 Å². The average molecular weight is 380 g/mol. The van der Waals surface area contributed by atoms with E-state index in [-0.39, 0.29) is 11.5 Å². The van der Waals surface area contributed by atoms with Crippen molar-refractivity contribution in [2.45, 2.75) is 20.3 Å². The van der Waals surface area contributed by atoms with Gasteiger partial charge in [-0.3, -0.25) is 0 Å². The fourth-order valence-electron chi connectivity index (χ4n) is 2.43. The van der Waals surface area contributed by atoms with Gasteiger partial charge in [0.1, 0.15) is 11.5 Å². The first-order valence-corrected chi connectivity index (χ1v) is 9.10. The normalized spacial score (nSPS) is 10.7. The lowest BCUT2D eigenvalue weighted by molar-refractivity contribution is 0.475. The van der Waals surface area contributed by atoms with Crippen molar-refractivity contribution in [3.05, 3.63) is 48.5 Å². The molecule has 0 aliphatic heterocycles. The Labute approximate surface area is 163 Å². The molecule has 0 saturated carbocycles.